The average molecular weight is 321 g/mol. The van der Waals surface area contributed by atoms with E-state index in [9.17, 15) is 22.4 Å². The van der Waals surface area contributed by atoms with Crippen LogP contribution >= 0.6 is 0 Å². The van der Waals surface area contributed by atoms with Gasteiger partial charge in [-0.2, -0.15) is 13.2 Å². The highest BCUT2D eigenvalue weighted by atomic mass is 19.4. The number of benzene rings is 1. The Balaban J connectivity index is 2.10. The summed E-state index contributed by atoms with van der Waals surface area (Å²) in [5.41, 5.74) is 0.399. The zero-order valence-corrected chi connectivity index (χ0v) is 11.6. The molecule has 0 aliphatic carbocycles. The molecule has 1 amide bonds. The molecule has 8 heteroatoms. The molecule has 1 saturated heterocycles. The molecule has 1 atom stereocenters. The predicted molar refractivity (Wildman–Crippen MR) is 68.4 cm³/mol. The molecule has 0 spiro atoms. The Bertz CT molecular complexity index is 498. The lowest BCUT2D eigenvalue weighted by Crippen LogP contribution is -2.48. The van der Waals surface area contributed by atoms with Gasteiger partial charge in [0, 0.05) is 6.54 Å². The first-order valence-electron chi connectivity index (χ1n) is 6.64. The van der Waals surface area contributed by atoms with Crippen LogP contribution in [0.2, 0.25) is 0 Å². The van der Waals surface area contributed by atoms with E-state index in [0.717, 1.165) is 12.1 Å². The average Bonchev–Trinajstić information content (AvgIpc) is 2.48. The number of halogens is 4. The molecule has 0 saturated carbocycles. The first-order chi connectivity index (χ1) is 10.3. The van der Waals surface area contributed by atoms with Crippen molar-refractivity contribution in [1.82, 2.24) is 4.90 Å². The van der Waals surface area contributed by atoms with Gasteiger partial charge in [-0.1, -0.05) is 12.1 Å². The zero-order chi connectivity index (χ0) is 16.2. The SMILES string of the molecule is O=C([C@H]1COCCO1)N(Cc1ccc(F)cc1)CC(F)(F)F. The van der Waals surface area contributed by atoms with Crippen LogP contribution in [-0.2, 0) is 20.8 Å². The summed E-state index contributed by atoms with van der Waals surface area (Å²) in [5, 5.41) is 0. The monoisotopic (exact) mass is 321 g/mol. The molecule has 0 unspecified atom stereocenters. The summed E-state index contributed by atoms with van der Waals surface area (Å²) in [6.07, 6.45) is -5.58. The smallest absolute Gasteiger partial charge is 0.376 e. The van der Waals surface area contributed by atoms with E-state index in [-0.39, 0.29) is 19.8 Å². The van der Waals surface area contributed by atoms with E-state index in [4.69, 9.17) is 9.47 Å². The second-order valence-corrected chi connectivity index (χ2v) is 4.87. The van der Waals surface area contributed by atoms with E-state index in [1.807, 2.05) is 0 Å². The number of nitrogens with zero attached hydrogens (tertiary/aromatic N) is 1. The Hall–Kier alpha value is -1.67. The van der Waals surface area contributed by atoms with Crippen LogP contribution in [0.5, 0.6) is 0 Å². The van der Waals surface area contributed by atoms with Gasteiger partial charge < -0.3 is 14.4 Å². The second kappa shape index (κ2) is 7.06. The molecule has 22 heavy (non-hydrogen) atoms. The Kier molecular flexibility index (Phi) is 5.36. The highest BCUT2D eigenvalue weighted by Gasteiger charge is 2.36. The van der Waals surface area contributed by atoms with E-state index in [2.05, 4.69) is 0 Å². The van der Waals surface area contributed by atoms with Crippen LogP contribution in [0.15, 0.2) is 24.3 Å². The summed E-state index contributed by atoms with van der Waals surface area (Å²) in [6, 6.07) is 4.94. The fraction of sp³-hybridized carbons (Fsp3) is 0.500. The quantitative estimate of drug-likeness (QED) is 0.798. The second-order valence-electron chi connectivity index (χ2n) is 4.87. The first kappa shape index (κ1) is 16.7. The van der Waals surface area contributed by atoms with Crippen molar-refractivity contribution in [2.24, 2.45) is 0 Å². The summed E-state index contributed by atoms with van der Waals surface area (Å²) in [7, 11) is 0. The number of amides is 1. The van der Waals surface area contributed by atoms with Gasteiger partial charge in [0.05, 0.1) is 19.8 Å². The minimum absolute atomic E-state index is 0.0728. The lowest BCUT2D eigenvalue weighted by molar-refractivity contribution is -0.177. The Morgan fingerprint density at radius 3 is 2.45 bits per heavy atom. The van der Waals surface area contributed by atoms with E-state index in [1.54, 1.807) is 0 Å². The van der Waals surface area contributed by atoms with Crippen molar-refractivity contribution in [3.05, 3.63) is 35.6 Å². The van der Waals surface area contributed by atoms with Crippen LogP contribution in [0.25, 0.3) is 0 Å². The molecule has 4 nitrogen and oxygen atoms in total. The maximum absolute atomic E-state index is 12.8. The summed E-state index contributed by atoms with van der Waals surface area (Å²) in [6.45, 7) is -1.29. The fourth-order valence-corrected chi connectivity index (χ4v) is 2.07. The molecule has 1 aliphatic rings. The third-order valence-corrected chi connectivity index (χ3v) is 3.06. The highest BCUT2D eigenvalue weighted by molar-refractivity contribution is 5.81. The molecule has 1 aliphatic heterocycles. The highest BCUT2D eigenvalue weighted by Crippen LogP contribution is 2.20. The van der Waals surface area contributed by atoms with Gasteiger partial charge >= 0.3 is 6.18 Å². The van der Waals surface area contributed by atoms with Gasteiger partial charge in [-0.3, -0.25) is 4.79 Å². The van der Waals surface area contributed by atoms with Gasteiger partial charge in [0.2, 0.25) is 0 Å². The maximum Gasteiger partial charge on any atom is 0.406 e. The molecule has 2 rings (SSSR count). The molecule has 0 N–H and O–H groups in total. The Morgan fingerprint density at radius 2 is 1.91 bits per heavy atom. The molecule has 1 aromatic rings. The Labute approximate surface area is 124 Å². The maximum atomic E-state index is 12.8. The molecule has 122 valence electrons. The summed E-state index contributed by atoms with van der Waals surface area (Å²) < 4.78 is 61.1. The van der Waals surface area contributed by atoms with Crippen molar-refractivity contribution < 1.29 is 31.8 Å². The van der Waals surface area contributed by atoms with Gasteiger partial charge in [0.15, 0.2) is 6.10 Å². The lowest BCUT2D eigenvalue weighted by Gasteiger charge is -2.30. The zero-order valence-electron chi connectivity index (χ0n) is 11.6. The fourth-order valence-electron chi connectivity index (χ4n) is 2.07. The number of rotatable bonds is 4. The van der Waals surface area contributed by atoms with E-state index in [1.165, 1.54) is 12.1 Å². The number of hydrogen-bond donors (Lipinski definition) is 0. The van der Waals surface area contributed by atoms with Crippen molar-refractivity contribution >= 4 is 5.91 Å². The summed E-state index contributed by atoms with van der Waals surface area (Å²) >= 11 is 0. The van der Waals surface area contributed by atoms with Crippen LogP contribution < -0.4 is 0 Å². The normalized spacial score (nSPS) is 19.0. The van der Waals surface area contributed by atoms with Gasteiger partial charge in [-0.05, 0) is 17.7 Å². The van der Waals surface area contributed by atoms with E-state index in [0.29, 0.717) is 17.1 Å². The van der Waals surface area contributed by atoms with E-state index < -0.39 is 30.5 Å². The third-order valence-electron chi connectivity index (χ3n) is 3.06. The first-order valence-corrected chi connectivity index (χ1v) is 6.64. The molecular formula is C14H15F4NO3. The molecular weight excluding hydrogens is 306 g/mol. The lowest BCUT2D eigenvalue weighted by atomic mass is 10.2. The molecule has 1 aromatic carbocycles. The number of hydrogen-bond acceptors (Lipinski definition) is 3. The number of alkyl halides is 3. The number of carbonyl (C=O) groups excluding carboxylic acids is 1. The third kappa shape index (κ3) is 4.96. The minimum Gasteiger partial charge on any atom is -0.376 e. The summed E-state index contributed by atoms with van der Waals surface area (Å²) in [5.74, 6) is -1.29. The van der Waals surface area contributed by atoms with Crippen LogP contribution in [0.1, 0.15) is 5.56 Å². The number of ether oxygens (including phenoxy) is 2. The van der Waals surface area contributed by atoms with Crippen LogP contribution in [0.4, 0.5) is 17.6 Å². The van der Waals surface area contributed by atoms with Crippen molar-refractivity contribution in [3.63, 3.8) is 0 Å². The molecule has 1 fully saturated rings. The largest absolute Gasteiger partial charge is 0.406 e. The minimum atomic E-state index is -4.54. The summed E-state index contributed by atoms with van der Waals surface area (Å²) in [4.78, 5) is 12.8. The van der Waals surface area contributed by atoms with Crippen molar-refractivity contribution in [2.45, 2.75) is 18.8 Å². The molecule has 1 heterocycles. The molecule has 0 bridgehead atoms. The molecule has 0 radical (unpaired) electrons. The number of carbonyl (C=O) groups is 1. The van der Waals surface area contributed by atoms with E-state index >= 15 is 0 Å². The topological polar surface area (TPSA) is 38.8 Å². The van der Waals surface area contributed by atoms with Crippen molar-refractivity contribution in [2.75, 3.05) is 26.4 Å². The Morgan fingerprint density at radius 1 is 1.23 bits per heavy atom. The van der Waals surface area contributed by atoms with Crippen molar-refractivity contribution in [3.8, 4) is 0 Å². The van der Waals surface area contributed by atoms with Crippen molar-refractivity contribution in [1.29, 1.82) is 0 Å². The van der Waals surface area contributed by atoms with Gasteiger partial charge in [0.25, 0.3) is 5.91 Å². The van der Waals surface area contributed by atoms with Crippen LogP contribution in [0, 0.1) is 5.82 Å². The van der Waals surface area contributed by atoms with Crippen LogP contribution in [-0.4, -0.2) is 49.5 Å². The standard InChI is InChI=1S/C14H15F4NO3/c15-11-3-1-10(2-4-11)7-19(9-14(16,17)18)13(20)12-8-21-5-6-22-12/h1-4,12H,5-9H2/t12-/m1/s1. The predicted octanol–water partition coefficient (Wildman–Crippen LogP) is 2.13. The molecule has 0 aromatic heterocycles. The van der Waals surface area contributed by atoms with Gasteiger partial charge in [-0.25, -0.2) is 4.39 Å². The van der Waals surface area contributed by atoms with Crippen LogP contribution in [0.3, 0.4) is 0 Å². The van der Waals surface area contributed by atoms with Gasteiger partial charge in [0.1, 0.15) is 12.4 Å². The van der Waals surface area contributed by atoms with Gasteiger partial charge in [-0.15, -0.1) is 0 Å².